The summed E-state index contributed by atoms with van der Waals surface area (Å²) >= 11 is 0. The van der Waals surface area contributed by atoms with Crippen molar-refractivity contribution >= 4 is 17.7 Å². The topological polar surface area (TPSA) is 90.9 Å². The number of nitrogens with one attached hydrogen (secondary N) is 1. The van der Waals surface area contributed by atoms with Crippen LogP contribution in [-0.2, 0) is 14.3 Å². The van der Waals surface area contributed by atoms with Gasteiger partial charge in [-0.3, -0.25) is 14.4 Å². The summed E-state index contributed by atoms with van der Waals surface area (Å²) in [5, 5.41) is 2.69. The van der Waals surface area contributed by atoms with Crippen LogP contribution in [0.5, 0.6) is 11.5 Å². The predicted octanol–water partition coefficient (Wildman–Crippen LogP) is 2.13. The molecular weight excluding hydrogens is 326 g/mol. The third-order valence-corrected chi connectivity index (χ3v) is 3.50. The highest BCUT2D eigenvalue weighted by Crippen LogP contribution is 2.25. The number of carbonyl (C=O) groups excluding carboxylic acids is 3. The highest BCUT2D eigenvalue weighted by Gasteiger charge is 2.15. The predicted molar refractivity (Wildman–Crippen MR) is 92.0 cm³/mol. The summed E-state index contributed by atoms with van der Waals surface area (Å²) in [6, 6.07) is 4.83. The fraction of sp³-hybridized carbons (Fsp3) is 0.500. The number of methoxy groups -OCH3 is 2. The number of carbonyl (C=O) groups is 3. The molecule has 0 fully saturated rings. The molecule has 0 unspecified atom stereocenters. The minimum atomic E-state index is -0.416. The van der Waals surface area contributed by atoms with Crippen LogP contribution in [0.1, 0.15) is 43.0 Å². The lowest BCUT2D eigenvalue weighted by atomic mass is 10.1. The van der Waals surface area contributed by atoms with Crippen LogP contribution in [0, 0.1) is 0 Å². The molecule has 0 spiro atoms. The second kappa shape index (κ2) is 11.1. The number of amides is 1. The zero-order valence-corrected chi connectivity index (χ0v) is 14.9. The van der Waals surface area contributed by atoms with E-state index in [1.807, 2.05) is 0 Å². The fourth-order valence-corrected chi connectivity index (χ4v) is 2.16. The Bertz CT molecular complexity index is 599. The van der Waals surface area contributed by atoms with Crippen LogP contribution in [0.4, 0.5) is 0 Å². The molecular formula is C18H25NO6. The summed E-state index contributed by atoms with van der Waals surface area (Å²) in [6.07, 6.45) is 2.50. The number of hydrogen-bond donors (Lipinski definition) is 1. The quantitative estimate of drug-likeness (QED) is 0.373. The van der Waals surface area contributed by atoms with E-state index in [9.17, 15) is 14.4 Å². The van der Waals surface area contributed by atoms with Crippen LogP contribution in [0.15, 0.2) is 18.2 Å². The second-order valence-corrected chi connectivity index (χ2v) is 5.44. The summed E-state index contributed by atoms with van der Waals surface area (Å²) in [7, 11) is 2.98. The highest BCUT2D eigenvalue weighted by molar-refractivity contribution is 6.00. The van der Waals surface area contributed by atoms with Crippen LogP contribution in [0.25, 0.3) is 0 Å². The molecule has 0 bridgehead atoms. The number of benzene rings is 1. The van der Waals surface area contributed by atoms with Gasteiger partial charge in [-0.15, -0.1) is 0 Å². The SMILES string of the molecule is COc1ccc(C(=O)COC(=O)CCCCCNC(C)=O)c(OC)c1. The standard InChI is InChI=1S/C18H25NO6/c1-13(20)19-10-6-4-5-7-18(22)25-12-16(21)15-9-8-14(23-2)11-17(15)24-3/h8-9,11H,4-7,10,12H2,1-3H3,(H,19,20). The Hall–Kier alpha value is -2.57. The monoisotopic (exact) mass is 351 g/mol. The molecule has 1 amide bonds. The first-order valence-electron chi connectivity index (χ1n) is 8.13. The Kier molecular flexibility index (Phi) is 9.06. The molecule has 0 aliphatic rings. The van der Waals surface area contributed by atoms with Crippen LogP contribution < -0.4 is 14.8 Å². The molecule has 0 saturated carbocycles. The Morgan fingerprint density at radius 2 is 1.80 bits per heavy atom. The molecule has 0 aliphatic carbocycles. The van der Waals surface area contributed by atoms with Crippen LogP contribution in [0.3, 0.4) is 0 Å². The van der Waals surface area contributed by atoms with E-state index in [1.54, 1.807) is 18.2 Å². The van der Waals surface area contributed by atoms with Gasteiger partial charge >= 0.3 is 5.97 Å². The maximum absolute atomic E-state index is 12.2. The first kappa shape index (κ1) is 20.5. The lowest BCUT2D eigenvalue weighted by molar-refractivity contribution is -0.142. The fourth-order valence-electron chi connectivity index (χ4n) is 2.16. The van der Waals surface area contributed by atoms with Crippen molar-refractivity contribution in [2.45, 2.75) is 32.6 Å². The molecule has 0 aliphatic heterocycles. The van der Waals surface area contributed by atoms with Gasteiger partial charge in [0.2, 0.25) is 11.7 Å². The van der Waals surface area contributed by atoms with Gasteiger partial charge in [-0.05, 0) is 25.0 Å². The molecule has 0 saturated heterocycles. The average molecular weight is 351 g/mol. The van der Waals surface area contributed by atoms with E-state index in [4.69, 9.17) is 14.2 Å². The van der Waals surface area contributed by atoms with Gasteiger partial charge < -0.3 is 19.5 Å². The Balaban J connectivity index is 2.34. The second-order valence-electron chi connectivity index (χ2n) is 5.44. The largest absolute Gasteiger partial charge is 0.497 e. The van der Waals surface area contributed by atoms with Crippen molar-refractivity contribution in [3.05, 3.63) is 23.8 Å². The van der Waals surface area contributed by atoms with Crippen LogP contribution in [-0.4, -0.2) is 45.0 Å². The minimum absolute atomic E-state index is 0.0631. The van der Waals surface area contributed by atoms with Crippen molar-refractivity contribution in [2.75, 3.05) is 27.4 Å². The van der Waals surface area contributed by atoms with E-state index in [2.05, 4.69) is 5.32 Å². The van der Waals surface area contributed by atoms with Gasteiger partial charge in [-0.25, -0.2) is 0 Å². The third kappa shape index (κ3) is 7.69. The first-order valence-corrected chi connectivity index (χ1v) is 8.13. The Labute approximate surface area is 147 Å². The highest BCUT2D eigenvalue weighted by atomic mass is 16.5. The van der Waals surface area contributed by atoms with E-state index in [1.165, 1.54) is 21.1 Å². The number of ketones is 1. The molecule has 1 rings (SSSR count). The van der Waals surface area contributed by atoms with E-state index < -0.39 is 5.97 Å². The molecule has 7 heteroatoms. The smallest absolute Gasteiger partial charge is 0.306 e. The van der Waals surface area contributed by atoms with E-state index >= 15 is 0 Å². The van der Waals surface area contributed by atoms with E-state index in [-0.39, 0.29) is 24.7 Å². The molecule has 138 valence electrons. The molecule has 1 N–H and O–H groups in total. The maximum Gasteiger partial charge on any atom is 0.306 e. The minimum Gasteiger partial charge on any atom is -0.497 e. The van der Waals surface area contributed by atoms with Crippen molar-refractivity contribution in [1.82, 2.24) is 5.32 Å². The molecule has 1 aromatic carbocycles. The summed E-state index contributed by atoms with van der Waals surface area (Å²) in [5.41, 5.74) is 0.339. The van der Waals surface area contributed by atoms with E-state index in [0.29, 0.717) is 30.0 Å². The molecule has 0 radical (unpaired) electrons. The number of unbranched alkanes of at least 4 members (excludes halogenated alkanes) is 2. The average Bonchev–Trinajstić information content (AvgIpc) is 2.61. The van der Waals surface area contributed by atoms with Gasteiger partial charge in [0.25, 0.3) is 0 Å². The van der Waals surface area contributed by atoms with Gasteiger partial charge in [-0.1, -0.05) is 6.42 Å². The summed E-state index contributed by atoms with van der Waals surface area (Å²) in [6.45, 7) is 1.74. The number of hydrogen-bond acceptors (Lipinski definition) is 6. The first-order chi connectivity index (χ1) is 12.0. The normalized spacial score (nSPS) is 10.0. The van der Waals surface area contributed by atoms with Gasteiger partial charge in [0.1, 0.15) is 11.5 Å². The molecule has 0 aromatic heterocycles. The number of esters is 1. The maximum atomic E-state index is 12.2. The molecule has 0 heterocycles. The zero-order chi connectivity index (χ0) is 18.7. The third-order valence-electron chi connectivity index (χ3n) is 3.50. The van der Waals surface area contributed by atoms with Gasteiger partial charge in [0.05, 0.1) is 19.8 Å². The zero-order valence-electron chi connectivity index (χ0n) is 14.9. The number of ether oxygens (including phenoxy) is 3. The summed E-state index contributed by atoms with van der Waals surface area (Å²) < 4.78 is 15.3. The lowest BCUT2D eigenvalue weighted by Gasteiger charge is -2.10. The van der Waals surface area contributed by atoms with Gasteiger partial charge in [-0.2, -0.15) is 0 Å². The van der Waals surface area contributed by atoms with Crippen molar-refractivity contribution < 1.29 is 28.6 Å². The van der Waals surface area contributed by atoms with Crippen molar-refractivity contribution in [2.24, 2.45) is 0 Å². The van der Waals surface area contributed by atoms with Crippen molar-refractivity contribution in [3.8, 4) is 11.5 Å². The van der Waals surface area contributed by atoms with E-state index in [0.717, 1.165) is 12.8 Å². The molecule has 7 nitrogen and oxygen atoms in total. The van der Waals surface area contributed by atoms with Crippen molar-refractivity contribution in [3.63, 3.8) is 0 Å². The van der Waals surface area contributed by atoms with Gasteiger partial charge in [0.15, 0.2) is 6.61 Å². The Morgan fingerprint density at radius 1 is 1.04 bits per heavy atom. The van der Waals surface area contributed by atoms with Crippen molar-refractivity contribution in [1.29, 1.82) is 0 Å². The summed E-state index contributed by atoms with van der Waals surface area (Å²) in [5.74, 6) is 0.133. The lowest BCUT2D eigenvalue weighted by Crippen LogP contribution is -2.20. The van der Waals surface area contributed by atoms with Crippen LogP contribution in [0.2, 0.25) is 0 Å². The Morgan fingerprint density at radius 3 is 2.44 bits per heavy atom. The molecule has 25 heavy (non-hydrogen) atoms. The van der Waals surface area contributed by atoms with Crippen LogP contribution >= 0.6 is 0 Å². The van der Waals surface area contributed by atoms with Gasteiger partial charge in [0, 0.05) is 26.0 Å². The molecule has 1 aromatic rings. The number of rotatable bonds is 11. The number of Topliss-reactive ketones (excluding diaryl/α,β-unsaturated/α-hetero) is 1. The summed E-state index contributed by atoms with van der Waals surface area (Å²) in [4.78, 5) is 34.5. The molecule has 0 atom stereocenters.